The van der Waals surface area contributed by atoms with E-state index in [-0.39, 0.29) is 18.0 Å². The lowest BCUT2D eigenvalue weighted by Gasteiger charge is -2.17. The predicted octanol–water partition coefficient (Wildman–Crippen LogP) is 7.13. The molecular formula is C24H46O4. The van der Waals surface area contributed by atoms with Gasteiger partial charge in [-0.1, -0.05) is 91.4 Å². The zero-order valence-electron chi connectivity index (χ0n) is 18.9. The highest BCUT2D eigenvalue weighted by molar-refractivity contribution is 5.69. The normalized spacial score (nSPS) is 12.0. The Morgan fingerprint density at radius 3 is 1.64 bits per heavy atom. The standard InChI is InChI=1S/C24H46O4/c1-4-7-9-11-13-15-18-23(25)27-21-20-22(17-6-3)28-24(26)19-16-14-12-10-8-5-2/h22H,4-21H2,1-3H3. The van der Waals surface area contributed by atoms with Crippen molar-refractivity contribution in [1.82, 2.24) is 0 Å². The highest BCUT2D eigenvalue weighted by Crippen LogP contribution is 2.13. The smallest absolute Gasteiger partial charge is 0.306 e. The Morgan fingerprint density at radius 2 is 1.11 bits per heavy atom. The Kier molecular flexibility index (Phi) is 19.9. The monoisotopic (exact) mass is 398 g/mol. The largest absolute Gasteiger partial charge is 0.466 e. The maximum atomic E-state index is 12.0. The van der Waals surface area contributed by atoms with Crippen molar-refractivity contribution in [1.29, 1.82) is 0 Å². The van der Waals surface area contributed by atoms with Gasteiger partial charge >= 0.3 is 11.9 Å². The number of carbonyl (C=O) groups is 2. The van der Waals surface area contributed by atoms with Crippen LogP contribution in [-0.4, -0.2) is 24.6 Å². The van der Waals surface area contributed by atoms with E-state index >= 15 is 0 Å². The van der Waals surface area contributed by atoms with E-state index in [0.29, 0.717) is 25.9 Å². The first-order valence-corrected chi connectivity index (χ1v) is 12.0. The summed E-state index contributed by atoms with van der Waals surface area (Å²) in [7, 11) is 0. The molecule has 0 radical (unpaired) electrons. The topological polar surface area (TPSA) is 52.6 Å². The van der Waals surface area contributed by atoms with E-state index in [1.54, 1.807) is 0 Å². The minimum Gasteiger partial charge on any atom is -0.466 e. The quantitative estimate of drug-likeness (QED) is 0.162. The third-order valence-corrected chi connectivity index (χ3v) is 5.08. The van der Waals surface area contributed by atoms with Gasteiger partial charge in [-0.2, -0.15) is 0 Å². The van der Waals surface area contributed by atoms with E-state index in [0.717, 1.165) is 38.5 Å². The van der Waals surface area contributed by atoms with Crippen molar-refractivity contribution in [3.8, 4) is 0 Å². The van der Waals surface area contributed by atoms with Crippen LogP contribution in [0.5, 0.6) is 0 Å². The van der Waals surface area contributed by atoms with Crippen LogP contribution < -0.4 is 0 Å². The van der Waals surface area contributed by atoms with Crippen molar-refractivity contribution in [2.24, 2.45) is 0 Å². The molecule has 0 aliphatic carbocycles. The molecule has 0 aliphatic heterocycles. The zero-order chi connectivity index (χ0) is 20.9. The highest BCUT2D eigenvalue weighted by atomic mass is 16.6. The van der Waals surface area contributed by atoms with Gasteiger partial charge in [0.05, 0.1) is 6.61 Å². The van der Waals surface area contributed by atoms with Crippen LogP contribution in [0.4, 0.5) is 0 Å². The van der Waals surface area contributed by atoms with Crippen molar-refractivity contribution in [3.05, 3.63) is 0 Å². The van der Waals surface area contributed by atoms with Crippen LogP contribution in [0.2, 0.25) is 0 Å². The Hall–Kier alpha value is -1.06. The minimum absolute atomic E-state index is 0.104. The summed E-state index contributed by atoms with van der Waals surface area (Å²) in [6.45, 7) is 6.84. The van der Waals surface area contributed by atoms with Gasteiger partial charge in [-0.3, -0.25) is 9.59 Å². The summed E-state index contributed by atoms with van der Waals surface area (Å²) in [6, 6.07) is 0. The number of carbonyl (C=O) groups excluding carboxylic acids is 2. The van der Waals surface area contributed by atoms with Gasteiger partial charge in [-0.15, -0.1) is 0 Å². The molecule has 0 N–H and O–H groups in total. The number of unbranched alkanes of at least 4 members (excludes halogenated alkanes) is 10. The number of hydrogen-bond acceptors (Lipinski definition) is 4. The van der Waals surface area contributed by atoms with Gasteiger partial charge < -0.3 is 9.47 Å². The molecular weight excluding hydrogens is 352 g/mol. The molecule has 28 heavy (non-hydrogen) atoms. The van der Waals surface area contributed by atoms with Crippen molar-refractivity contribution in [2.75, 3.05) is 6.61 Å². The summed E-state index contributed by atoms with van der Waals surface area (Å²) in [5, 5.41) is 0. The van der Waals surface area contributed by atoms with E-state index in [1.165, 1.54) is 51.4 Å². The Labute approximate surface area is 174 Å². The summed E-state index contributed by atoms with van der Waals surface area (Å²) in [4.78, 5) is 23.8. The second kappa shape index (κ2) is 20.7. The molecule has 0 amide bonds. The van der Waals surface area contributed by atoms with Crippen molar-refractivity contribution in [2.45, 2.75) is 136 Å². The summed E-state index contributed by atoms with van der Waals surface area (Å²) in [5.74, 6) is -0.225. The van der Waals surface area contributed by atoms with Crippen LogP contribution >= 0.6 is 0 Å². The molecule has 0 fully saturated rings. The lowest BCUT2D eigenvalue weighted by atomic mass is 10.1. The number of hydrogen-bond donors (Lipinski definition) is 0. The predicted molar refractivity (Wildman–Crippen MR) is 116 cm³/mol. The Morgan fingerprint density at radius 1 is 0.607 bits per heavy atom. The maximum Gasteiger partial charge on any atom is 0.306 e. The summed E-state index contributed by atoms with van der Waals surface area (Å²) in [6.07, 6.45) is 17.3. The first kappa shape index (κ1) is 26.9. The van der Waals surface area contributed by atoms with Gasteiger partial charge in [0.1, 0.15) is 6.10 Å². The molecule has 0 spiro atoms. The van der Waals surface area contributed by atoms with Crippen LogP contribution in [0.15, 0.2) is 0 Å². The molecule has 0 aromatic heterocycles. The lowest BCUT2D eigenvalue weighted by Crippen LogP contribution is -2.21. The summed E-state index contributed by atoms with van der Waals surface area (Å²) < 4.78 is 10.9. The highest BCUT2D eigenvalue weighted by Gasteiger charge is 2.14. The molecule has 1 unspecified atom stereocenters. The number of esters is 2. The minimum atomic E-state index is -0.126. The molecule has 0 heterocycles. The van der Waals surface area contributed by atoms with E-state index in [2.05, 4.69) is 20.8 Å². The van der Waals surface area contributed by atoms with Crippen molar-refractivity contribution < 1.29 is 19.1 Å². The molecule has 4 nitrogen and oxygen atoms in total. The molecule has 4 heteroatoms. The van der Waals surface area contributed by atoms with Crippen molar-refractivity contribution in [3.63, 3.8) is 0 Å². The van der Waals surface area contributed by atoms with Gasteiger partial charge in [0, 0.05) is 19.3 Å². The molecule has 0 aliphatic rings. The van der Waals surface area contributed by atoms with Crippen LogP contribution in [-0.2, 0) is 19.1 Å². The number of rotatable bonds is 20. The van der Waals surface area contributed by atoms with Crippen LogP contribution in [0.1, 0.15) is 130 Å². The molecule has 0 rings (SSSR count). The van der Waals surface area contributed by atoms with E-state index in [1.807, 2.05) is 0 Å². The first-order chi connectivity index (χ1) is 13.6. The third-order valence-electron chi connectivity index (χ3n) is 5.08. The van der Waals surface area contributed by atoms with Gasteiger partial charge in [-0.05, 0) is 19.3 Å². The SMILES string of the molecule is CCCCCCCCC(=O)OCCC(CCC)OC(=O)CCCCCCCC. The molecule has 0 saturated carbocycles. The fraction of sp³-hybridized carbons (Fsp3) is 0.917. The van der Waals surface area contributed by atoms with Crippen LogP contribution in [0.3, 0.4) is 0 Å². The van der Waals surface area contributed by atoms with Crippen LogP contribution in [0.25, 0.3) is 0 Å². The van der Waals surface area contributed by atoms with Crippen molar-refractivity contribution >= 4 is 11.9 Å². The number of ether oxygens (including phenoxy) is 2. The van der Waals surface area contributed by atoms with Gasteiger partial charge in [0.2, 0.25) is 0 Å². The molecule has 0 bridgehead atoms. The van der Waals surface area contributed by atoms with E-state index in [4.69, 9.17) is 9.47 Å². The zero-order valence-corrected chi connectivity index (χ0v) is 18.9. The Balaban J connectivity index is 3.80. The van der Waals surface area contributed by atoms with Gasteiger partial charge in [0.15, 0.2) is 0 Å². The summed E-state index contributed by atoms with van der Waals surface area (Å²) >= 11 is 0. The second-order valence-corrected chi connectivity index (χ2v) is 7.95. The van der Waals surface area contributed by atoms with Gasteiger partial charge in [-0.25, -0.2) is 0 Å². The third kappa shape index (κ3) is 18.3. The average molecular weight is 399 g/mol. The van der Waals surface area contributed by atoms with Gasteiger partial charge in [0.25, 0.3) is 0 Å². The molecule has 0 aromatic carbocycles. The molecule has 1 atom stereocenters. The molecule has 0 saturated heterocycles. The maximum absolute atomic E-state index is 12.0. The molecule has 166 valence electrons. The van der Waals surface area contributed by atoms with E-state index < -0.39 is 0 Å². The fourth-order valence-electron chi connectivity index (χ4n) is 3.30. The second-order valence-electron chi connectivity index (χ2n) is 7.95. The van der Waals surface area contributed by atoms with Crippen LogP contribution in [0, 0.1) is 0 Å². The van der Waals surface area contributed by atoms with E-state index in [9.17, 15) is 9.59 Å². The summed E-state index contributed by atoms with van der Waals surface area (Å²) in [5.41, 5.74) is 0. The first-order valence-electron chi connectivity index (χ1n) is 12.0. The average Bonchev–Trinajstić information content (AvgIpc) is 2.67. The molecule has 0 aromatic rings. The Bertz CT molecular complexity index is 368. The lowest BCUT2D eigenvalue weighted by molar-refractivity contribution is -0.151. The fourth-order valence-corrected chi connectivity index (χ4v) is 3.30.